The lowest BCUT2D eigenvalue weighted by molar-refractivity contribution is -0.124. The lowest BCUT2D eigenvalue weighted by Gasteiger charge is -2.22. The third kappa shape index (κ3) is 5.81. The van der Waals surface area contributed by atoms with Gasteiger partial charge in [0, 0.05) is 6.54 Å². The van der Waals surface area contributed by atoms with Crippen LogP contribution in [0.5, 0.6) is 0 Å². The van der Waals surface area contributed by atoms with Crippen molar-refractivity contribution < 1.29 is 14.0 Å². The van der Waals surface area contributed by atoms with E-state index in [4.69, 9.17) is 5.73 Å². The van der Waals surface area contributed by atoms with E-state index in [1.807, 2.05) is 13.8 Å². The fraction of sp³-hybridized carbons (Fsp3) is 0.467. The summed E-state index contributed by atoms with van der Waals surface area (Å²) < 4.78 is 12.8. The Morgan fingerprint density at radius 3 is 2.43 bits per heavy atom. The fourth-order valence-corrected chi connectivity index (χ4v) is 1.95. The van der Waals surface area contributed by atoms with Crippen LogP contribution in [0.3, 0.4) is 0 Å². The molecule has 4 N–H and O–H groups in total. The van der Waals surface area contributed by atoms with Gasteiger partial charge in [-0.05, 0) is 30.0 Å². The topological polar surface area (TPSA) is 84.2 Å². The molecule has 0 aliphatic heterocycles. The molecule has 0 aliphatic carbocycles. The molecule has 21 heavy (non-hydrogen) atoms. The van der Waals surface area contributed by atoms with Gasteiger partial charge in [-0.15, -0.1) is 0 Å². The first-order chi connectivity index (χ1) is 9.93. The molecule has 0 bridgehead atoms. The molecule has 5 nitrogen and oxygen atoms in total. The molecule has 1 rings (SSSR count). The molecule has 6 heteroatoms. The number of primary amides is 1. The molecule has 0 fully saturated rings. The number of hydrogen-bond donors (Lipinski definition) is 3. The summed E-state index contributed by atoms with van der Waals surface area (Å²) in [5.74, 6) is -0.557. The highest BCUT2D eigenvalue weighted by Gasteiger charge is 2.24. The third-order valence-corrected chi connectivity index (χ3v) is 3.42. The summed E-state index contributed by atoms with van der Waals surface area (Å²) in [5.41, 5.74) is 6.02. The van der Waals surface area contributed by atoms with Gasteiger partial charge in [-0.25, -0.2) is 9.18 Å². The van der Waals surface area contributed by atoms with Crippen LogP contribution in [0.4, 0.5) is 9.18 Å². The lowest BCUT2D eigenvalue weighted by atomic mass is 9.98. The smallest absolute Gasteiger partial charge is 0.312 e. The minimum absolute atomic E-state index is 0.0108. The molecule has 1 aromatic carbocycles. The average molecular weight is 295 g/mol. The highest BCUT2D eigenvalue weighted by atomic mass is 19.1. The fourth-order valence-electron chi connectivity index (χ4n) is 1.95. The number of carbonyl (C=O) groups is 2. The lowest BCUT2D eigenvalue weighted by Crippen LogP contribution is -2.52. The molecule has 3 amide bonds. The maximum atomic E-state index is 12.8. The van der Waals surface area contributed by atoms with Crippen LogP contribution in [0.25, 0.3) is 0 Å². The van der Waals surface area contributed by atoms with Gasteiger partial charge in [0.25, 0.3) is 0 Å². The second-order valence-electron chi connectivity index (χ2n) is 5.04. The number of urea groups is 1. The molecule has 0 saturated heterocycles. The standard InChI is InChI=1S/C15H22FN3O2/c1-3-10(2)13(19-15(17)21)14(20)18-9-8-11-4-6-12(16)7-5-11/h4-7,10,13H,3,8-9H2,1-2H3,(H,18,20)(H3,17,19,21)/t10-,13-/m0/s1. The summed E-state index contributed by atoms with van der Waals surface area (Å²) in [6.07, 6.45) is 1.34. The van der Waals surface area contributed by atoms with Gasteiger partial charge in [0.2, 0.25) is 5.91 Å². The van der Waals surface area contributed by atoms with Gasteiger partial charge < -0.3 is 16.4 Å². The van der Waals surface area contributed by atoms with Gasteiger partial charge in [-0.3, -0.25) is 4.79 Å². The van der Waals surface area contributed by atoms with E-state index in [9.17, 15) is 14.0 Å². The summed E-state index contributed by atoms with van der Waals surface area (Å²) in [6, 6.07) is 4.77. The van der Waals surface area contributed by atoms with Crippen LogP contribution < -0.4 is 16.4 Å². The largest absolute Gasteiger partial charge is 0.354 e. The highest BCUT2D eigenvalue weighted by Crippen LogP contribution is 2.08. The first-order valence-electron chi connectivity index (χ1n) is 7.02. The minimum Gasteiger partial charge on any atom is -0.354 e. The van der Waals surface area contributed by atoms with Crippen molar-refractivity contribution in [2.75, 3.05) is 6.54 Å². The van der Waals surface area contributed by atoms with Crippen LogP contribution in [0.1, 0.15) is 25.8 Å². The Morgan fingerprint density at radius 2 is 1.90 bits per heavy atom. The van der Waals surface area contributed by atoms with Gasteiger partial charge in [-0.1, -0.05) is 32.4 Å². The van der Waals surface area contributed by atoms with Crippen molar-refractivity contribution in [1.29, 1.82) is 0 Å². The van der Waals surface area contributed by atoms with Crippen molar-refractivity contribution in [2.24, 2.45) is 11.7 Å². The Hall–Kier alpha value is -2.11. The van der Waals surface area contributed by atoms with Gasteiger partial charge in [0.15, 0.2) is 0 Å². The van der Waals surface area contributed by atoms with Gasteiger partial charge in [0.05, 0.1) is 0 Å². The Labute approximate surface area is 124 Å². The van der Waals surface area contributed by atoms with Crippen molar-refractivity contribution in [1.82, 2.24) is 10.6 Å². The molecule has 0 spiro atoms. The number of carbonyl (C=O) groups excluding carboxylic acids is 2. The summed E-state index contributed by atoms with van der Waals surface area (Å²) >= 11 is 0. The Kier molecular flexibility index (Phi) is 6.65. The summed E-state index contributed by atoms with van der Waals surface area (Å²) in [5, 5.41) is 5.23. The van der Waals surface area contributed by atoms with Gasteiger partial charge >= 0.3 is 6.03 Å². The van der Waals surface area contributed by atoms with E-state index in [0.29, 0.717) is 13.0 Å². The zero-order chi connectivity index (χ0) is 15.8. The summed E-state index contributed by atoms with van der Waals surface area (Å²) in [6.45, 7) is 4.23. The minimum atomic E-state index is -0.714. The quantitative estimate of drug-likeness (QED) is 0.713. The number of rotatable bonds is 7. The number of nitrogens with two attached hydrogens (primary N) is 1. The van der Waals surface area contributed by atoms with Crippen molar-refractivity contribution in [3.63, 3.8) is 0 Å². The van der Waals surface area contributed by atoms with Crippen LogP contribution in [0.2, 0.25) is 0 Å². The summed E-state index contributed by atoms with van der Waals surface area (Å²) in [4.78, 5) is 23.0. The number of halogens is 1. The first-order valence-corrected chi connectivity index (χ1v) is 7.02. The molecular formula is C15H22FN3O2. The normalized spacial score (nSPS) is 13.3. The average Bonchev–Trinajstić information content (AvgIpc) is 2.45. The van der Waals surface area contributed by atoms with Crippen LogP contribution >= 0.6 is 0 Å². The first kappa shape index (κ1) is 16.9. The van der Waals surface area contributed by atoms with Crippen molar-refractivity contribution in [3.05, 3.63) is 35.6 Å². The van der Waals surface area contributed by atoms with E-state index in [2.05, 4.69) is 10.6 Å². The molecular weight excluding hydrogens is 273 g/mol. The zero-order valence-electron chi connectivity index (χ0n) is 12.4. The molecule has 2 atom stereocenters. The van der Waals surface area contributed by atoms with E-state index in [0.717, 1.165) is 12.0 Å². The van der Waals surface area contributed by atoms with Crippen LogP contribution in [0.15, 0.2) is 24.3 Å². The Balaban J connectivity index is 2.49. The maximum Gasteiger partial charge on any atom is 0.312 e. The van der Waals surface area contributed by atoms with Gasteiger partial charge in [-0.2, -0.15) is 0 Å². The van der Waals surface area contributed by atoms with E-state index < -0.39 is 12.1 Å². The molecule has 116 valence electrons. The number of benzene rings is 1. The van der Waals surface area contributed by atoms with Crippen LogP contribution in [-0.4, -0.2) is 24.5 Å². The second kappa shape index (κ2) is 8.24. The Bertz CT molecular complexity index is 476. The number of amides is 3. The highest BCUT2D eigenvalue weighted by molar-refractivity contribution is 5.86. The molecule has 0 aromatic heterocycles. The van der Waals surface area contributed by atoms with Crippen molar-refractivity contribution in [3.8, 4) is 0 Å². The monoisotopic (exact) mass is 295 g/mol. The zero-order valence-corrected chi connectivity index (χ0v) is 12.4. The predicted octanol–water partition coefficient (Wildman–Crippen LogP) is 1.57. The van der Waals surface area contributed by atoms with Crippen LogP contribution in [0, 0.1) is 11.7 Å². The molecule has 0 unspecified atom stereocenters. The molecule has 0 saturated carbocycles. The maximum absolute atomic E-state index is 12.8. The number of hydrogen-bond acceptors (Lipinski definition) is 2. The molecule has 0 radical (unpaired) electrons. The second-order valence-corrected chi connectivity index (χ2v) is 5.04. The molecule has 1 aromatic rings. The SMILES string of the molecule is CC[C@H](C)[C@H](NC(N)=O)C(=O)NCCc1ccc(F)cc1. The van der Waals surface area contributed by atoms with Crippen molar-refractivity contribution >= 4 is 11.9 Å². The molecule has 0 heterocycles. The summed E-state index contributed by atoms with van der Waals surface area (Å²) in [7, 11) is 0. The van der Waals surface area contributed by atoms with E-state index >= 15 is 0 Å². The molecule has 0 aliphatic rings. The predicted molar refractivity (Wildman–Crippen MR) is 79.1 cm³/mol. The van der Waals surface area contributed by atoms with Crippen molar-refractivity contribution in [2.45, 2.75) is 32.7 Å². The third-order valence-electron chi connectivity index (χ3n) is 3.42. The number of nitrogens with one attached hydrogen (secondary N) is 2. The van der Waals surface area contributed by atoms with E-state index in [-0.39, 0.29) is 17.6 Å². The Morgan fingerprint density at radius 1 is 1.29 bits per heavy atom. The van der Waals surface area contributed by atoms with Gasteiger partial charge in [0.1, 0.15) is 11.9 Å². The van der Waals surface area contributed by atoms with E-state index in [1.165, 1.54) is 12.1 Å². The van der Waals surface area contributed by atoms with E-state index in [1.54, 1.807) is 12.1 Å². The van der Waals surface area contributed by atoms with Crippen LogP contribution in [-0.2, 0) is 11.2 Å².